The summed E-state index contributed by atoms with van der Waals surface area (Å²) in [5, 5.41) is 11.0. The van der Waals surface area contributed by atoms with Crippen LogP contribution in [0.4, 0.5) is 15.0 Å². The minimum absolute atomic E-state index is 0.0782. The van der Waals surface area contributed by atoms with Gasteiger partial charge in [0.15, 0.2) is 0 Å². The van der Waals surface area contributed by atoms with Crippen LogP contribution in [0.15, 0.2) is 60.7 Å². The Labute approximate surface area is 228 Å². The van der Waals surface area contributed by atoms with Gasteiger partial charge in [0, 0.05) is 23.2 Å². The normalized spacial score (nSPS) is 25.1. The van der Waals surface area contributed by atoms with Gasteiger partial charge in [0.25, 0.3) is 0 Å². The number of rotatable bonds is 7. The minimum atomic E-state index is -0.350. The molecule has 0 saturated heterocycles. The fraction of sp³-hybridized carbons (Fsp3) is 0.452. The zero-order chi connectivity index (χ0) is 27.1. The Morgan fingerprint density at radius 3 is 2.21 bits per heavy atom. The van der Waals surface area contributed by atoms with Gasteiger partial charge in [-0.3, -0.25) is 4.79 Å². The van der Waals surface area contributed by atoms with Gasteiger partial charge in [0.1, 0.15) is 18.2 Å². The molecule has 1 heterocycles. The summed E-state index contributed by atoms with van der Waals surface area (Å²) in [6.07, 6.45) is 7.08. The van der Waals surface area contributed by atoms with Gasteiger partial charge in [0.05, 0.1) is 11.4 Å². The third-order valence-electron chi connectivity index (χ3n) is 8.73. The Bertz CT molecular complexity index is 1320. The van der Waals surface area contributed by atoms with Crippen LogP contribution in [0.5, 0.6) is 0 Å². The summed E-state index contributed by atoms with van der Waals surface area (Å²) in [6, 6.07) is 17.1. The molecule has 2 aromatic carbocycles. The van der Waals surface area contributed by atoms with Crippen molar-refractivity contribution < 1.29 is 14.0 Å². The van der Waals surface area contributed by atoms with E-state index in [1.807, 2.05) is 44.2 Å². The van der Waals surface area contributed by atoms with Crippen LogP contribution in [0.2, 0.25) is 0 Å². The third-order valence-corrected chi connectivity index (χ3v) is 8.73. The highest BCUT2D eigenvalue weighted by molar-refractivity contribution is 5.94. The molecule has 4 aliphatic carbocycles. The Morgan fingerprint density at radius 1 is 1.00 bits per heavy atom. The molecule has 4 aliphatic rings. The predicted octanol–water partition coefficient (Wildman–Crippen LogP) is 6.01. The van der Waals surface area contributed by atoms with Gasteiger partial charge in [0.2, 0.25) is 5.91 Å². The molecule has 204 valence electrons. The van der Waals surface area contributed by atoms with Gasteiger partial charge < -0.3 is 15.5 Å². The number of aromatic nitrogens is 2. The van der Waals surface area contributed by atoms with Gasteiger partial charge >= 0.3 is 6.03 Å². The molecule has 0 aliphatic heterocycles. The minimum Gasteiger partial charge on any atom is -0.333 e. The van der Waals surface area contributed by atoms with Gasteiger partial charge in [-0.1, -0.05) is 30.3 Å². The average molecular weight is 530 g/mol. The maximum Gasteiger partial charge on any atom is 0.318 e. The Hall–Kier alpha value is -3.68. The highest BCUT2D eigenvalue weighted by Gasteiger charge is 2.52. The number of nitrogens with zero attached hydrogens (tertiary/aromatic N) is 3. The standard InChI is InChI=1S/C31H36FN5O2/c1-20(2)36(30(39)34-31-16-21-12-22(17-31)14-23(13-21)18-31)19-29(38)33-28-15-27(24-6-4-3-5-7-24)35-37(28)26-10-8-25(32)9-11-26/h3-11,15,20-23H,12-14,16-19H2,1-2H3,(H,33,38)(H,34,39). The summed E-state index contributed by atoms with van der Waals surface area (Å²) in [7, 11) is 0. The van der Waals surface area contributed by atoms with E-state index in [0.717, 1.165) is 42.6 Å². The maximum atomic E-state index is 13.6. The molecule has 3 aromatic rings. The topological polar surface area (TPSA) is 79.3 Å². The van der Waals surface area contributed by atoms with Crippen LogP contribution in [0.3, 0.4) is 0 Å². The number of hydrogen-bond acceptors (Lipinski definition) is 3. The largest absolute Gasteiger partial charge is 0.333 e. The van der Waals surface area contributed by atoms with E-state index in [4.69, 9.17) is 5.10 Å². The molecule has 7 nitrogen and oxygen atoms in total. The fourth-order valence-electron chi connectivity index (χ4n) is 7.39. The lowest BCUT2D eigenvalue weighted by Crippen LogP contribution is -2.62. The van der Waals surface area contributed by atoms with Crippen LogP contribution < -0.4 is 10.6 Å². The first-order valence-corrected chi connectivity index (χ1v) is 14.1. The molecule has 7 rings (SSSR count). The van der Waals surface area contributed by atoms with E-state index < -0.39 is 0 Å². The van der Waals surface area contributed by atoms with Crippen molar-refractivity contribution in [2.45, 2.75) is 64.0 Å². The second-order valence-corrected chi connectivity index (χ2v) is 12.1. The van der Waals surface area contributed by atoms with Crippen molar-refractivity contribution in [3.05, 3.63) is 66.5 Å². The van der Waals surface area contributed by atoms with Crippen molar-refractivity contribution in [2.24, 2.45) is 17.8 Å². The van der Waals surface area contributed by atoms with Crippen molar-refractivity contribution in [1.82, 2.24) is 20.0 Å². The molecule has 0 spiro atoms. The lowest BCUT2D eigenvalue weighted by Gasteiger charge is -2.57. The first-order valence-electron chi connectivity index (χ1n) is 14.1. The molecule has 0 atom stereocenters. The number of carbonyl (C=O) groups is 2. The molecular formula is C31H36FN5O2. The molecule has 2 N–H and O–H groups in total. The van der Waals surface area contributed by atoms with Gasteiger partial charge in [-0.05, 0) is 94.4 Å². The van der Waals surface area contributed by atoms with Gasteiger partial charge in [-0.25, -0.2) is 13.9 Å². The smallest absolute Gasteiger partial charge is 0.318 e. The molecule has 1 aromatic heterocycles. The lowest BCUT2D eigenvalue weighted by atomic mass is 9.53. The molecule has 0 radical (unpaired) electrons. The number of benzene rings is 2. The number of amides is 3. The summed E-state index contributed by atoms with van der Waals surface area (Å²) >= 11 is 0. The van der Waals surface area contributed by atoms with Crippen LogP contribution in [-0.4, -0.2) is 44.7 Å². The Balaban J connectivity index is 1.20. The highest BCUT2D eigenvalue weighted by Crippen LogP contribution is 2.55. The summed E-state index contributed by atoms with van der Waals surface area (Å²) in [5.41, 5.74) is 2.07. The number of carbonyl (C=O) groups excluding carboxylic acids is 2. The van der Waals surface area contributed by atoms with Crippen LogP contribution >= 0.6 is 0 Å². The summed E-state index contributed by atoms with van der Waals surface area (Å²) in [4.78, 5) is 28.5. The maximum absolute atomic E-state index is 13.6. The summed E-state index contributed by atoms with van der Waals surface area (Å²) in [6.45, 7) is 3.79. The molecule has 4 bridgehead atoms. The van der Waals surface area contributed by atoms with E-state index in [-0.39, 0.29) is 35.9 Å². The molecule has 3 amide bonds. The van der Waals surface area contributed by atoms with E-state index in [9.17, 15) is 14.0 Å². The highest BCUT2D eigenvalue weighted by atomic mass is 19.1. The number of halogens is 1. The van der Waals surface area contributed by atoms with E-state index in [0.29, 0.717) is 17.2 Å². The summed E-state index contributed by atoms with van der Waals surface area (Å²) < 4.78 is 15.2. The Morgan fingerprint density at radius 2 is 1.62 bits per heavy atom. The zero-order valence-electron chi connectivity index (χ0n) is 22.6. The van der Waals surface area contributed by atoms with Crippen molar-refractivity contribution in [3.8, 4) is 16.9 Å². The lowest BCUT2D eigenvalue weighted by molar-refractivity contribution is -0.117. The number of anilines is 1. The first kappa shape index (κ1) is 25.6. The number of hydrogen-bond donors (Lipinski definition) is 2. The van der Waals surface area contributed by atoms with Gasteiger partial charge in [-0.2, -0.15) is 5.10 Å². The van der Waals surface area contributed by atoms with E-state index in [1.54, 1.807) is 27.8 Å². The van der Waals surface area contributed by atoms with Crippen molar-refractivity contribution in [2.75, 3.05) is 11.9 Å². The second kappa shape index (κ2) is 10.1. The van der Waals surface area contributed by atoms with Crippen molar-refractivity contribution in [3.63, 3.8) is 0 Å². The number of nitrogens with one attached hydrogen (secondary N) is 2. The molecule has 0 unspecified atom stereocenters. The van der Waals surface area contributed by atoms with E-state index in [2.05, 4.69) is 10.6 Å². The summed E-state index contributed by atoms with van der Waals surface area (Å²) in [5.74, 6) is 1.95. The molecule has 8 heteroatoms. The molecular weight excluding hydrogens is 493 g/mol. The average Bonchev–Trinajstić information content (AvgIpc) is 3.30. The predicted molar refractivity (Wildman–Crippen MR) is 149 cm³/mol. The van der Waals surface area contributed by atoms with Crippen molar-refractivity contribution >= 4 is 17.8 Å². The molecule has 4 fully saturated rings. The second-order valence-electron chi connectivity index (χ2n) is 12.1. The quantitative estimate of drug-likeness (QED) is 0.394. The first-order chi connectivity index (χ1) is 18.8. The third kappa shape index (κ3) is 5.29. The van der Waals surface area contributed by atoms with Gasteiger partial charge in [-0.15, -0.1) is 0 Å². The van der Waals surface area contributed by atoms with Crippen LogP contribution in [0, 0.1) is 23.6 Å². The van der Waals surface area contributed by atoms with E-state index in [1.165, 1.54) is 31.4 Å². The zero-order valence-corrected chi connectivity index (χ0v) is 22.6. The van der Waals surface area contributed by atoms with Crippen LogP contribution in [-0.2, 0) is 4.79 Å². The number of urea groups is 1. The SMILES string of the molecule is CC(C)N(CC(=O)Nc1cc(-c2ccccc2)nn1-c1ccc(F)cc1)C(=O)NC12CC3CC(CC(C3)C1)C2. The van der Waals surface area contributed by atoms with E-state index >= 15 is 0 Å². The fourth-order valence-corrected chi connectivity index (χ4v) is 7.39. The van der Waals surface area contributed by atoms with Crippen LogP contribution in [0.1, 0.15) is 52.4 Å². The molecule has 39 heavy (non-hydrogen) atoms. The van der Waals surface area contributed by atoms with Crippen molar-refractivity contribution in [1.29, 1.82) is 0 Å². The monoisotopic (exact) mass is 529 g/mol. The molecule has 4 saturated carbocycles. The Kier molecular flexibility index (Phi) is 6.65. The van der Waals surface area contributed by atoms with Crippen LogP contribution in [0.25, 0.3) is 16.9 Å².